The molecule has 0 spiro atoms. The first-order valence-electron chi connectivity index (χ1n) is 6.81. The van der Waals surface area contributed by atoms with E-state index < -0.39 is 18.0 Å². The first kappa shape index (κ1) is 15.5. The van der Waals surface area contributed by atoms with Gasteiger partial charge in [0.05, 0.1) is 23.1 Å². The van der Waals surface area contributed by atoms with Crippen LogP contribution >= 0.6 is 0 Å². The largest absolute Gasteiger partial charge is 0.481 e. The average Bonchev–Trinajstić information content (AvgIpc) is 2.72. The summed E-state index contributed by atoms with van der Waals surface area (Å²) in [6.07, 6.45) is -1.03. The zero-order chi connectivity index (χ0) is 15.6. The van der Waals surface area contributed by atoms with Gasteiger partial charge in [0.1, 0.15) is 5.82 Å². The number of hydrogen-bond acceptors (Lipinski definition) is 4. The molecule has 1 aromatic carbocycles. The number of benzene rings is 1. The molecule has 0 radical (unpaired) electrons. The fourth-order valence-electron chi connectivity index (χ4n) is 2.10. The average molecular weight is 292 g/mol. The lowest BCUT2D eigenvalue weighted by atomic mass is 10.2. The van der Waals surface area contributed by atoms with Gasteiger partial charge in [-0.25, -0.2) is 4.98 Å². The lowest BCUT2D eigenvalue weighted by Crippen LogP contribution is -2.26. The Morgan fingerprint density at radius 3 is 2.67 bits per heavy atom. The molecular weight excluding hydrogens is 272 g/mol. The van der Waals surface area contributed by atoms with Gasteiger partial charge < -0.3 is 14.9 Å². The molecular formula is C15H20N2O4. The van der Waals surface area contributed by atoms with Crippen molar-refractivity contribution in [1.29, 1.82) is 0 Å². The molecule has 2 N–H and O–H groups in total. The highest BCUT2D eigenvalue weighted by molar-refractivity contribution is 5.76. The van der Waals surface area contributed by atoms with Crippen molar-refractivity contribution >= 4 is 17.0 Å². The number of rotatable bonds is 5. The summed E-state index contributed by atoms with van der Waals surface area (Å²) >= 11 is 0. The van der Waals surface area contributed by atoms with Crippen molar-refractivity contribution in [2.75, 3.05) is 0 Å². The van der Waals surface area contributed by atoms with Crippen LogP contribution in [0.2, 0.25) is 0 Å². The summed E-state index contributed by atoms with van der Waals surface area (Å²) in [4.78, 5) is 15.2. The predicted octanol–water partition coefficient (Wildman–Crippen LogP) is 2.32. The molecule has 0 aliphatic rings. The van der Waals surface area contributed by atoms with E-state index >= 15 is 0 Å². The van der Waals surface area contributed by atoms with Gasteiger partial charge in [-0.15, -0.1) is 0 Å². The van der Waals surface area contributed by atoms with E-state index in [0.717, 1.165) is 5.52 Å². The van der Waals surface area contributed by atoms with Crippen molar-refractivity contribution in [3.8, 4) is 0 Å². The second-order valence-corrected chi connectivity index (χ2v) is 5.84. The van der Waals surface area contributed by atoms with Crippen LogP contribution in [0.25, 0.3) is 11.0 Å². The Kier molecular flexibility index (Phi) is 4.29. The van der Waals surface area contributed by atoms with Gasteiger partial charge in [0.15, 0.2) is 0 Å². The second-order valence-electron chi connectivity index (χ2n) is 5.84. The van der Waals surface area contributed by atoms with Gasteiger partial charge in [-0.05, 0) is 32.9 Å². The van der Waals surface area contributed by atoms with Gasteiger partial charge in [0.2, 0.25) is 6.41 Å². The summed E-state index contributed by atoms with van der Waals surface area (Å²) in [5.74, 6) is -0.407. The van der Waals surface area contributed by atoms with Crippen LogP contribution in [-0.4, -0.2) is 31.3 Å². The molecule has 0 saturated heterocycles. The Hall–Kier alpha value is -1.92. The molecule has 0 fully saturated rings. The molecule has 21 heavy (non-hydrogen) atoms. The van der Waals surface area contributed by atoms with E-state index in [-0.39, 0.29) is 12.8 Å². The quantitative estimate of drug-likeness (QED) is 0.826. The van der Waals surface area contributed by atoms with Crippen LogP contribution in [0.3, 0.4) is 0 Å². The predicted molar refractivity (Wildman–Crippen MR) is 77.8 cm³/mol. The Morgan fingerprint density at radius 2 is 2.05 bits per heavy atom. The van der Waals surface area contributed by atoms with Gasteiger partial charge in [-0.1, -0.05) is 12.1 Å². The fourth-order valence-corrected chi connectivity index (χ4v) is 2.10. The SMILES string of the molecule is CC(C)(C)O[C@H](O)n1c(CCC(=O)O)nc2ccccc21. The van der Waals surface area contributed by atoms with E-state index in [0.29, 0.717) is 11.3 Å². The number of aryl methyl sites for hydroxylation is 1. The first-order chi connectivity index (χ1) is 9.78. The van der Waals surface area contributed by atoms with Crippen LogP contribution in [0, 0.1) is 0 Å². The number of imidazole rings is 1. The summed E-state index contributed by atoms with van der Waals surface area (Å²) in [6, 6.07) is 7.32. The third-order valence-corrected chi connectivity index (χ3v) is 2.91. The Bertz CT molecular complexity index is 643. The molecule has 6 nitrogen and oxygen atoms in total. The minimum absolute atomic E-state index is 0.0500. The molecule has 0 unspecified atom stereocenters. The van der Waals surface area contributed by atoms with Crippen molar-refractivity contribution < 1.29 is 19.7 Å². The maximum absolute atomic E-state index is 10.8. The van der Waals surface area contributed by atoms with E-state index in [2.05, 4.69) is 4.98 Å². The molecule has 6 heteroatoms. The lowest BCUT2D eigenvalue weighted by molar-refractivity contribution is -0.208. The van der Waals surface area contributed by atoms with Crippen molar-refractivity contribution in [3.05, 3.63) is 30.1 Å². The standard InChI is InChI=1S/C15H20N2O4/c1-15(2,3)21-14(20)17-11-7-5-4-6-10(11)16-12(17)8-9-13(18)19/h4-7,14,20H,8-9H2,1-3H3,(H,18,19)/t14-/m0/s1. The third kappa shape index (κ3) is 3.80. The second kappa shape index (κ2) is 5.83. The fraction of sp³-hybridized carbons (Fsp3) is 0.467. The summed E-state index contributed by atoms with van der Waals surface area (Å²) in [7, 11) is 0. The highest BCUT2D eigenvalue weighted by Gasteiger charge is 2.22. The van der Waals surface area contributed by atoms with Crippen LogP contribution < -0.4 is 0 Å². The normalized spacial score (nSPS) is 13.5. The minimum atomic E-state index is -1.21. The van der Waals surface area contributed by atoms with Gasteiger partial charge in [-0.3, -0.25) is 9.36 Å². The molecule has 0 saturated carbocycles. The van der Waals surface area contributed by atoms with Crippen molar-refractivity contribution in [2.45, 2.75) is 45.6 Å². The maximum atomic E-state index is 10.8. The number of aliphatic carboxylic acids is 1. The van der Waals surface area contributed by atoms with Gasteiger partial charge >= 0.3 is 5.97 Å². The maximum Gasteiger partial charge on any atom is 0.303 e. The molecule has 0 aliphatic heterocycles. The van der Waals surface area contributed by atoms with Crippen molar-refractivity contribution in [3.63, 3.8) is 0 Å². The molecule has 0 bridgehead atoms. The molecule has 1 heterocycles. The number of carboxylic acid groups (broad SMARTS) is 1. The van der Waals surface area contributed by atoms with Crippen LogP contribution in [-0.2, 0) is 16.0 Å². The summed E-state index contributed by atoms with van der Waals surface area (Å²) in [5.41, 5.74) is 0.888. The van der Waals surface area contributed by atoms with Crippen LogP contribution in [0.4, 0.5) is 0 Å². The van der Waals surface area contributed by atoms with E-state index in [4.69, 9.17) is 9.84 Å². The number of aliphatic hydroxyl groups excluding tert-OH is 1. The van der Waals surface area contributed by atoms with Crippen molar-refractivity contribution in [2.24, 2.45) is 0 Å². The van der Waals surface area contributed by atoms with Gasteiger partial charge in [0, 0.05) is 6.42 Å². The number of nitrogens with zero attached hydrogens (tertiary/aromatic N) is 2. The highest BCUT2D eigenvalue weighted by atomic mass is 16.6. The van der Waals surface area contributed by atoms with Gasteiger partial charge in [0.25, 0.3) is 0 Å². The monoisotopic (exact) mass is 292 g/mol. The third-order valence-electron chi connectivity index (χ3n) is 2.91. The van der Waals surface area contributed by atoms with E-state index in [1.54, 1.807) is 4.57 Å². The summed E-state index contributed by atoms with van der Waals surface area (Å²) in [6.45, 7) is 5.52. The molecule has 0 aliphatic carbocycles. The van der Waals surface area contributed by atoms with Gasteiger partial charge in [-0.2, -0.15) is 0 Å². The number of carbonyl (C=O) groups is 1. The van der Waals surface area contributed by atoms with Crippen LogP contribution in [0.5, 0.6) is 0 Å². The number of aliphatic hydroxyl groups is 1. The number of para-hydroxylation sites is 2. The van der Waals surface area contributed by atoms with E-state index in [9.17, 15) is 9.90 Å². The summed E-state index contributed by atoms with van der Waals surface area (Å²) < 4.78 is 7.11. The molecule has 1 aromatic heterocycles. The van der Waals surface area contributed by atoms with E-state index in [1.807, 2.05) is 45.0 Å². The minimum Gasteiger partial charge on any atom is -0.481 e. The Labute approximate surface area is 123 Å². The molecule has 1 atom stereocenters. The Morgan fingerprint density at radius 1 is 1.38 bits per heavy atom. The Balaban J connectivity index is 2.42. The van der Waals surface area contributed by atoms with Crippen LogP contribution in [0.15, 0.2) is 24.3 Å². The topological polar surface area (TPSA) is 84.6 Å². The summed E-state index contributed by atoms with van der Waals surface area (Å²) in [5, 5.41) is 19.2. The first-order valence-corrected chi connectivity index (χ1v) is 6.81. The highest BCUT2D eigenvalue weighted by Crippen LogP contribution is 2.24. The van der Waals surface area contributed by atoms with E-state index in [1.165, 1.54) is 0 Å². The number of aromatic nitrogens is 2. The zero-order valence-electron chi connectivity index (χ0n) is 12.4. The van der Waals surface area contributed by atoms with Crippen molar-refractivity contribution in [1.82, 2.24) is 9.55 Å². The van der Waals surface area contributed by atoms with Crippen LogP contribution in [0.1, 0.15) is 39.4 Å². The molecule has 0 amide bonds. The number of fused-ring (bicyclic) bond motifs is 1. The zero-order valence-corrected chi connectivity index (χ0v) is 12.4. The molecule has 2 rings (SSSR count). The molecule has 114 valence electrons. The number of carboxylic acids is 1. The smallest absolute Gasteiger partial charge is 0.303 e. The number of hydrogen-bond donors (Lipinski definition) is 2. The number of ether oxygens (including phenoxy) is 1. The lowest BCUT2D eigenvalue weighted by Gasteiger charge is -2.26. The molecule has 2 aromatic rings.